The lowest BCUT2D eigenvalue weighted by molar-refractivity contribution is -0.121. The molecule has 6 nitrogen and oxygen atoms in total. The number of nitrogens with zero attached hydrogens (tertiary/aromatic N) is 4. The first-order valence-electron chi connectivity index (χ1n) is 7.55. The van der Waals surface area contributed by atoms with Crippen molar-refractivity contribution in [2.45, 2.75) is 38.8 Å². The topological polar surface area (TPSA) is 61.4 Å². The van der Waals surface area contributed by atoms with E-state index in [-0.39, 0.29) is 5.91 Å². The van der Waals surface area contributed by atoms with Gasteiger partial charge in [0.1, 0.15) is 10.0 Å². The molecule has 1 unspecified atom stereocenters. The van der Waals surface area contributed by atoms with Crippen molar-refractivity contribution in [1.82, 2.24) is 25.3 Å². The number of hydrogen-bond donors (Lipinski definition) is 1. The van der Waals surface area contributed by atoms with Crippen LogP contribution in [0.1, 0.15) is 29.8 Å². The minimum atomic E-state index is 0.0847. The number of amides is 1. The summed E-state index contributed by atoms with van der Waals surface area (Å²) < 4.78 is 0. The normalized spacial score (nSPS) is 19.3. The standard InChI is InChI=1S/C14H25N5OS/c1-4-13-16-17-14(21-13)9-15-12(20)6-8-19(3)11-5-7-18(2)10-11/h11H,4-10H2,1-3H3,(H,15,20). The van der Waals surface area contributed by atoms with Crippen LogP contribution in [0.4, 0.5) is 0 Å². The highest BCUT2D eigenvalue weighted by atomic mass is 32.1. The predicted octanol–water partition coefficient (Wildman–Crippen LogP) is 0.743. The second-order valence-corrected chi connectivity index (χ2v) is 6.80. The van der Waals surface area contributed by atoms with E-state index in [1.54, 1.807) is 11.3 Å². The maximum atomic E-state index is 11.9. The number of carbonyl (C=O) groups excluding carboxylic acids is 1. The number of aromatic nitrogens is 2. The second kappa shape index (κ2) is 7.82. The summed E-state index contributed by atoms with van der Waals surface area (Å²) in [5.41, 5.74) is 0. The van der Waals surface area contributed by atoms with Crippen molar-refractivity contribution in [3.63, 3.8) is 0 Å². The fourth-order valence-electron chi connectivity index (χ4n) is 2.50. The van der Waals surface area contributed by atoms with Crippen LogP contribution < -0.4 is 5.32 Å². The van der Waals surface area contributed by atoms with Crippen LogP contribution >= 0.6 is 11.3 Å². The monoisotopic (exact) mass is 311 g/mol. The summed E-state index contributed by atoms with van der Waals surface area (Å²) in [4.78, 5) is 16.5. The Morgan fingerprint density at radius 3 is 2.86 bits per heavy atom. The number of rotatable bonds is 7. The molecule has 1 aromatic heterocycles. The molecular weight excluding hydrogens is 286 g/mol. The maximum Gasteiger partial charge on any atom is 0.221 e. The quantitative estimate of drug-likeness (QED) is 0.805. The van der Waals surface area contributed by atoms with Gasteiger partial charge in [0.05, 0.1) is 6.54 Å². The van der Waals surface area contributed by atoms with Gasteiger partial charge in [-0.2, -0.15) is 0 Å². The van der Waals surface area contributed by atoms with Crippen molar-refractivity contribution < 1.29 is 4.79 Å². The van der Waals surface area contributed by atoms with E-state index in [0.29, 0.717) is 19.0 Å². The molecule has 1 fully saturated rings. The third-order valence-corrected chi connectivity index (χ3v) is 5.00. The summed E-state index contributed by atoms with van der Waals surface area (Å²) in [5, 5.41) is 12.9. The molecule has 0 saturated carbocycles. The first-order valence-corrected chi connectivity index (χ1v) is 8.37. The SMILES string of the molecule is CCc1nnc(CNC(=O)CCN(C)C2CCN(C)C2)s1. The van der Waals surface area contributed by atoms with Crippen molar-refractivity contribution in [3.8, 4) is 0 Å². The molecule has 1 aliphatic rings. The zero-order valence-electron chi connectivity index (χ0n) is 13.1. The molecule has 21 heavy (non-hydrogen) atoms. The highest BCUT2D eigenvalue weighted by Gasteiger charge is 2.23. The fourth-order valence-corrected chi connectivity index (χ4v) is 3.22. The van der Waals surface area contributed by atoms with Crippen LogP contribution in [-0.4, -0.2) is 65.7 Å². The molecule has 2 rings (SSSR count). The van der Waals surface area contributed by atoms with Crippen LogP contribution in [0.2, 0.25) is 0 Å². The third-order valence-electron chi connectivity index (χ3n) is 3.93. The Morgan fingerprint density at radius 1 is 1.48 bits per heavy atom. The molecule has 1 aromatic rings. The van der Waals surface area contributed by atoms with Gasteiger partial charge in [-0.15, -0.1) is 10.2 Å². The average Bonchev–Trinajstić information content (AvgIpc) is 3.11. The lowest BCUT2D eigenvalue weighted by Crippen LogP contribution is -2.36. The Bertz CT molecular complexity index is 464. The summed E-state index contributed by atoms with van der Waals surface area (Å²) in [7, 11) is 4.25. The zero-order valence-corrected chi connectivity index (χ0v) is 13.9. The molecule has 0 aromatic carbocycles. The molecule has 118 valence electrons. The van der Waals surface area contributed by atoms with Crippen LogP contribution in [0.3, 0.4) is 0 Å². The Kier molecular flexibility index (Phi) is 6.08. The van der Waals surface area contributed by atoms with Crippen molar-refractivity contribution in [3.05, 3.63) is 10.0 Å². The van der Waals surface area contributed by atoms with Crippen LogP contribution in [0, 0.1) is 0 Å². The lowest BCUT2D eigenvalue weighted by atomic mass is 10.2. The first kappa shape index (κ1) is 16.3. The Morgan fingerprint density at radius 2 is 2.24 bits per heavy atom. The van der Waals surface area contributed by atoms with E-state index in [2.05, 4.69) is 46.3 Å². The molecule has 2 heterocycles. The number of likely N-dealkylation sites (N-methyl/N-ethyl adjacent to an activating group) is 2. The Labute approximate surface area is 130 Å². The van der Waals surface area contributed by atoms with Gasteiger partial charge in [-0.05, 0) is 33.5 Å². The molecule has 1 amide bonds. The second-order valence-electron chi connectivity index (χ2n) is 5.66. The van der Waals surface area contributed by atoms with Crippen LogP contribution in [0.25, 0.3) is 0 Å². The van der Waals surface area contributed by atoms with Crippen molar-refractivity contribution in [1.29, 1.82) is 0 Å². The zero-order chi connectivity index (χ0) is 15.2. The summed E-state index contributed by atoms with van der Waals surface area (Å²) in [6.45, 7) is 5.60. The van der Waals surface area contributed by atoms with Crippen LogP contribution in [0.15, 0.2) is 0 Å². The molecule has 7 heteroatoms. The van der Waals surface area contributed by atoms with Gasteiger partial charge in [-0.25, -0.2) is 0 Å². The largest absolute Gasteiger partial charge is 0.349 e. The number of aryl methyl sites for hydroxylation is 1. The van der Waals surface area contributed by atoms with Gasteiger partial charge in [0.15, 0.2) is 0 Å². The van der Waals surface area contributed by atoms with Gasteiger partial charge in [0, 0.05) is 25.6 Å². The number of likely N-dealkylation sites (tertiary alicyclic amines) is 1. The van der Waals surface area contributed by atoms with Gasteiger partial charge < -0.3 is 15.1 Å². The van der Waals surface area contributed by atoms with Crippen molar-refractivity contribution in [2.24, 2.45) is 0 Å². The number of hydrogen-bond acceptors (Lipinski definition) is 6. The molecule has 1 atom stereocenters. The molecular formula is C14H25N5OS. The summed E-state index contributed by atoms with van der Waals surface area (Å²) in [5.74, 6) is 0.0847. The van der Waals surface area contributed by atoms with Crippen molar-refractivity contribution >= 4 is 17.2 Å². The van der Waals surface area contributed by atoms with E-state index in [4.69, 9.17) is 0 Å². The van der Waals surface area contributed by atoms with Gasteiger partial charge >= 0.3 is 0 Å². The van der Waals surface area contributed by atoms with E-state index < -0.39 is 0 Å². The van der Waals surface area contributed by atoms with E-state index in [1.807, 2.05) is 0 Å². The van der Waals surface area contributed by atoms with E-state index >= 15 is 0 Å². The Hall–Kier alpha value is -1.05. The van der Waals surface area contributed by atoms with Crippen molar-refractivity contribution in [2.75, 3.05) is 33.7 Å². The molecule has 1 saturated heterocycles. The number of carbonyl (C=O) groups is 1. The third kappa shape index (κ3) is 5.01. The van der Waals surface area contributed by atoms with E-state index in [0.717, 1.165) is 36.1 Å². The minimum Gasteiger partial charge on any atom is -0.349 e. The van der Waals surface area contributed by atoms with Crippen LogP contribution in [0.5, 0.6) is 0 Å². The molecule has 0 bridgehead atoms. The molecule has 0 radical (unpaired) electrons. The molecule has 1 aliphatic heterocycles. The summed E-state index contributed by atoms with van der Waals surface area (Å²) in [6, 6.07) is 0.582. The summed E-state index contributed by atoms with van der Waals surface area (Å²) in [6.07, 6.45) is 2.63. The van der Waals surface area contributed by atoms with Crippen LogP contribution in [-0.2, 0) is 17.8 Å². The van der Waals surface area contributed by atoms with E-state index in [9.17, 15) is 4.79 Å². The molecule has 0 spiro atoms. The van der Waals surface area contributed by atoms with E-state index in [1.165, 1.54) is 6.42 Å². The van der Waals surface area contributed by atoms with Gasteiger partial charge in [0.25, 0.3) is 0 Å². The highest BCUT2D eigenvalue weighted by Crippen LogP contribution is 2.12. The Balaban J connectivity index is 1.65. The smallest absolute Gasteiger partial charge is 0.221 e. The maximum absolute atomic E-state index is 11.9. The first-order chi connectivity index (χ1) is 10.1. The predicted molar refractivity (Wildman–Crippen MR) is 84.3 cm³/mol. The fraction of sp³-hybridized carbons (Fsp3) is 0.786. The molecule has 1 N–H and O–H groups in total. The minimum absolute atomic E-state index is 0.0847. The van der Waals surface area contributed by atoms with Gasteiger partial charge in [-0.1, -0.05) is 18.3 Å². The lowest BCUT2D eigenvalue weighted by Gasteiger charge is -2.23. The van der Waals surface area contributed by atoms with Gasteiger partial charge in [-0.3, -0.25) is 4.79 Å². The number of nitrogens with one attached hydrogen (secondary N) is 1. The molecule has 0 aliphatic carbocycles. The van der Waals surface area contributed by atoms with Gasteiger partial charge in [0.2, 0.25) is 5.91 Å². The summed E-state index contributed by atoms with van der Waals surface area (Å²) >= 11 is 1.57. The average molecular weight is 311 g/mol. The highest BCUT2D eigenvalue weighted by molar-refractivity contribution is 7.11.